The third-order valence-corrected chi connectivity index (χ3v) is 7.44. The van der Waals surface area contributed by atoms with Gasteiger partial charge < -0.3 is 5.32 Å². The molecule has 1 atom stereocenters. The maximum atomic E-state index is 13.4. The van der Waals surface area contributed by atoms with Crippen molar-refractivity contribution in [2.45, 2.75) is 31.3 Å². The van der Waals surface area contributed by atoms with Crippen LogP contribution in [-0.4, -0.2) is 25.2 Å². The van der Waals surface area contributed by atoms with Gasteiger partial charge in [-0.2, -0.15) is 4.31 Å². The topological polar surface area (TPSA) is 66.5 Å². The molecular formula is C24H24Cl2N2O3S. The molecule has 3 aromatic rings. The molecule has 0 saturated carbocycles. The Morgan fingerprint density at radius 3 is 2.09 bits per heavy atom. The lowest BCUT2D eigenvalue weighted by Crippen LogP contribution is -2.41. The number of carbonyl (C=O) groups excluding carboxylic acids is 1. The van der Waals surface area contributed by atoms with Gasteiger partial charge in [0.1, 0.15) is 0 Å². The fourth-order valence-electron chi connectivity index (χ4n) is 3.24. The van der Waals surface area contributed by atoms with E-state index in [-0.39, 0.29) is 24.0 Å². The Labute approximate surface area is 199 Å². The van der Waals surface area contributed by atoms with Gasteiger partial charge in [-0.1, -0.05) is 59.6 Å². The van der Waals surface area contributed by atoms with Crippen molar-refractivity contribution in [3.63, 3.8) is 0 Å². The van der Waals surface area contributed by atoms with E-state index in [9.17, 15) is 13.2 Å². The van der Waals surface area contributed by atoms with Crippen molar-refractivity contribution in [2.75, 3.05) is 6.54 Å². The number of amides is 1. The maximum Gasteiger partial charge on any atom is 0.243 e. The van der Waals surface area contributed by atoms with Gasteiger partial charge in [0.05, 0.1) is 17.5 Å². The Morgan fingerprint density at radius 1 is 0.938 bits per heavy atom. The van der Waals surface area contributed by atoms with Crippen molar-refractivity contribution in [3.8, 4) is 0 Å². The van der Waals surface area contributed by atoms with Crippen LogP contribution in [0, 0.1) is 6.92 Å². The van der Waals surface area contributed by atoms with Crippen molar-refractivity contribution in [2.24, 2.45) is 0 Å². The highest BCUT2D eigenvalue weighted by molar-refractivity contribution is 7.89. The Hall–Kier alpha value is -2.38. The lowest BCUT2D eigenvalue weighted by Gasteiger charge is -2.24. The molecule has 0 bridgehead atoms. The second-order valence-electron chi connectivity index (χ2n) is 7.49. The number of aryl methyl sites for hydroxylation is 1. The number of halogens is 2. The van der Waals surface area contributed by atoms with Gasteiger partial charge >= 0.3 is 0 Å². The van der Waals surface area contributed by atoms with E-state index in [2.05, 4.69) is 5.32 Å². The molecule has 0 fully saturated rings. The molecule has 0 aliphatic carbocycles. The summed E-state index contributed by atoms with van der Waals surface area (Å²) in [4.78, 5) is 12.9. The summed E-state index contributed by atoms with van der Waals surface area (Å²) in [6, 6.07) is 20.2. The molecule has 168 valence electrons. The van der Waals surface area contributed by atoms with Crippen molar-refractivity contribution in [1.82, 2.24) is 9.62 Å². The molecule has 0 unspecified atom stereocenters. The highest BCUT2D eigenvalue weighted by Gasteiger charge is 2.28. The summed E-state index contributed by atoms with van der Waals surface area (Å²) in [6.45, 7) is 3.49. The van der Waals surface area contributed by atoms with Crippen LogP contribution in [0.25, 0.3) is 0 Å². The molecule has 0 saturated heterocycles. The second-order valence-corrected chi connectivity index (χ2v) is 10.3. The number of hydrogen-bond donors (Lipinski definition) is 1. The molecule has 3 aromatic carbocycles. The molecule has 0 spiro atoms. The minimum absolute atomic E-state index is 0.0698. The predicted octanol–water partition coefficient (Wildman–Crippen LogP) is 5.37. The highest BCUT2D eigenvalue weighted by Crippen LogP contribution is 2.22. The van der Waals surface area contributed by atoms with Crippen molar-refractivity contribution in [3.05, 3.63) is 99.5 Å². The van der Waals surface area contributed by atoms with Crippen LogP contribution in [0.5, 0.6) is 0 Å². The van der Waals surface area contributed by atoms with E-state index in [1.165, 1.54) is 28.6 Å². The standard InChI is InChI=1S/C24H24Cl2N2O3S/c1-17-5-3-4-6-20(17)15-28(32(30,31)23-13-11-22(26)12-14-23)16-24(29)27-18(2)19-7-9-21(25)10-8-19/h3-14,18H,15-16H2,1-2H3,(H,27,29)/t18-/m1/s1. The SMILES string of the molecule is Cc1ccccc1CN(CC(=O)N[C@H](C)c1ccc(Cl)cc1)S(=O)(=O)c1ccc(Cl)cc1. The maximum absolute atomic E-state index is 13.4. The van der Waals surface area contributed by atoms with Crippen LogP contribution in [0.2, 0.25) is 10.0 Å². The predicted molar refractivity (Wildman–Crippen MR) is 128 cm³/mol. The lowest BCUT2D eigenvalue weighted by atomic mass is 10.1. The summed E-state index contributed by atoms with van der Waals surface area (Å²) in [5, 5.41) is 3.91. The number of nitrogens with zero attached hydrogens (tertiary/aromatic N) is 1. The summed E-state index contributed by atoms with van der Waals surface area (Å²) in [5.41, 5.74) is 2.64. The molecule has 0 aliphatic heterocycles. The van der Waals surface area contributed by atoms with Crippen LogP contribution in [0.15, 0.2) is 77.7 Å². The second kappa shape index (κ2) is 10.5. The summed E-state index contributed by atoms with van der Waals surface area (Å²) >= 11 is 11.9. The molecule has 0 aromatic heterocycles. The molecule has 0 radical (unpaired) electrons. The molecule has 3 rings (SSSR count). The smallest absolute Gasteiger partial charge is 0.243 e. The zero-order chi connectivity index (χ0) is 23.3. The van der Waals surface area contributed by atoms with Crippen molar-refractivity contribution >= 4 is 39.1 Å². The third-order valence-electron chi connectivity index (χ3n) is 5.13. The van der Waals surface area contributed by atoms with Crippen LogP contribution < -0.4 is 5.32 Å². The van der Waals surface area contributed by atoms with E-state index >= 15 is 0 Å². The summed E-state index contributed by atoms with van der Waals surface area (Å²) < 4.78 is 27.9. The Kier molecular flexibility index (Phi) is 7.96. The molecule has 8 heteroatoms. The number of rotatable bonds is 8. The highest BCUT2D eigenvalue weighted by atomic mass is 35.5. The van der Waals surface area contributed by atoms with Crippen LogP contribution >= 0.6 is 23.2 Å². The van der Waals surface area contributed by atoms with E-state index in [0.717, 1.165) is 16.7 Å². The van der Waals surface area contributed by atoms with E-state index in [1.54, 1.807) is 12.1 Å². The first-order valence-corrected chi connectivity index (χ1v) is 12.2. The molecule has 32 heavy (non-hydrogen) atoms. The zero-order valence-electron chi connectivity index (χ0n) is 17.8. The number of sulfonamides is 1. The first-order chi connectivity index (χ1) is 15.2. The Balaban J connectivity index is 1.84. The molecular weight excluding hydrogens is 467 g/mol. The van der Waals surface area contributed by atoms with Gasteiger partial charge in [-0.25, -0.2) is 8.42 Å². The average Bonchev–Trinajstić information content (AvgIpc) is 2.75. The Morgan fingerprint density at radius 2 is 1.50 bits per heavy atom. The van der Waals surface area contributed by atoms with Gasteiger partial charge in [-0.05, 0) is 66.9 Å². The van der Waals surface area contributed by atoms with Crippen LogP contribution in [0.4, 0.5) is 0 Å². The van der Waals surface area contributed by atoms with Gasteiger partial charge in [0, 0.05) is 16.6 Å². The normalized spacial score (nSPS) is 12.5. The first kappa shape index (κ1) is 24.3. The third kappa shape index (κ3) is 6.11. The molecule has 5 nitrogen and oxygen atoms in total. The van der Waals surface area contributed by atoms with E-state index in [4.69, 9.17) is 23.2 Å². The minimum Gasteiger partial charge on any atom is -0.348 e. The fourth-order valence-corrected chi connectivity index (χ4v) is 4.87. The molecule has 1 amide bonds. The number of carbonyl (C=O) groups is 1. The quantitative estimate of drug-likeness (QED) is 0.461. The lowest BCUT2D eigenvalue weighted by molar-refractivity contribution is -0.122. The molecule has 1 N–H and O–H groups in total. The van der Waals surface area contributed by atoms with Gasteiger partial charge in [0.25, 0.3) is 0 Å². The van der Waals surface area contributed by atoms with Gasteiger partial charge in [-0.15, -0.1) is 0 Å². The van der Waals surface area contributed by atoms with Crippen LogP contribution in [0.1, 0.15) is 29.7 Å². The van der Waals surface area contributed by atoms with Crippen molar-refractivity contribution in [1.29, 1.82) is 0 Å². The zero-order valence-corrected chi connectivity index (χ0v) is 20.1. The Bertz CT molecular complexity index is 1180. The first-order valence-electron chi connectivity index (χ1n) is 10.0. The minimum atomic E-state index is -3.94. The summed E-state index contributed by atoms with van der Waals surface area (Å²) in [5.74, 6) is -0.404. The molecule has 0 aliphatic rings. The van der Waals surface area contributed by atoms with Gasteiger partial charge in [0.2, 0.25) is 15.9 Å². The summed E-state index contributed by atoms with van der Waals surface area (Å²) in [6.07, 6.45) is 0. The monoisotopic (exact) mass is 490 g/mol. The van der Waals surface area contributed by atoms with Crippen LogP contribution in [-0.2, 0) is 21.4 Å². The largest absolute Gasteiger partial charge is 0.348 e. The van der Waals surface area contributed by atoms with E-state index < -0.39 is 15.9 Å². The van der Waals surface area contributed by atoms with E-state index in [0.29, 0.717) is 10.0 Å². The number of nitrogens with one attached hydrogen (secondary N) is 1. The van der Waals surface area contributed by atoms with E-state index in [1.807, 2.05) is 50.2 Å². The van der Waals surface area contributed by atoms with Gasteiger partial charge in [-0.3, -0.25) is 4.79 Å². The molecule has 0 heterocycles. The van der Waals surface area contributed by atoms with Crippen LogP contribution in [0.3, 0.4) is 0 Å². The number of benzene rings is 3. The van der Waals surface area contributed by atoms with Crippen molar-refractivity contribution < 1.29 is 13.2 Å². The summed E-state index contributed by atoms with van der Waals surface area (Å²) in [7, 11) is -3.94. The fraction of sp³-hybridized carbons (Fsp3) is 0.208. The average molecular weight is 491 g/mol. The number of hydrogen-bond acceptors (Lipinski definition) is 3. The van der Waals surface area contributed by atoms with Gasteiger partial charge in [0.15, 0.2) is 0 Å².